The first-order valence-corrected chi connectivity index (χ1v) is 8.36. The van der Waals surface area contributed by atoms with Crippen molar-refractivity contribution in [3.63, 3.8) is 0 Å². The van der Waals surface area contributed by atoms with E-state index < -0.39 is 45.2 Å². The van der Waals surface area contributed by atoms with E-state index in [4.69, 9.17) is 4.74 Å². The molecule has 0 aliphatic rings. The van der Waals surface area contributed by atoms with Crippen molar-refractivity contribution >= 4 is 22.6 Å². The van der Waals surface area contributed by atoms with E-state index in [-0.39, 0.29) is 17.8 Å². The predicted molar refractivity (Wildman–Crippen MR) is 96.6 cm³/mol. The number of hydrogen-bond donors (Lipinski definition) is 0. The van der Waals surface area contributed by atoms with Crippen LogP contribution in [-0.2, 0) is 4.74 Å². The van der Waals surface area contributed by atoms with Gasteiger partial charge in [0.15, 0.2) is 0 Å². The molecule has 30 heavy (non-hydrogen) atoms. The van der Waals surface area contributed by atoms with Gasteiger partial charge in [0.1, 0.15) is 11.1 Å². The molecule has 0 fully saturated rings. The summed E-state index contributed by atoms with van der Waals surface area (Å²) in [5.41, 5.74) is -2.15. The molecule has 0 spiro atoms. The maximum Gasteiger partial charge on any atom is 0.573 e. The van der Waals surface area contributed by atoms with Crippen LogP contribution < -0.4 is 10.2 Å². The lowest BCUT2D eigenvalue weighted by Gasteiger charge is -2.13. The van der Waals surface area contributed by atoms with E-state index in [0.29, 0.717) is 0 Å². The van der Waals surface area contributed by atoms with E-state index in [1.807, 2.05) is 0 Å². The van der Waals surface area contributed by atoms with Crippen LogP contribution in [0.5, 0.6) is 5.75 Å². The number of carbonyl (C=O) groups is 1. The molecular formula is C18H12F3N3O6. The summed E-state index contributed by atoms with van der Waals surface area (Å²) in [6, 6.07) is 8.11. The van der Waals surface area contributed by atoms with Crippen molar-refractivity contribution < 1.29 is 32.4 Å². The Kier molecular flexibility index (Phi) is 5.41. The van der Waals surface area contributed by atoms with Gasteiger partial charge in [0.2, 0.25) is 11.1 Å². The third kappa shape index (κ3) is 4.06. The summed E-state index contributed by atoms with van der Waals surface area (Å²) in [5.74, 6) is -1.60. The van der Waals surface area contributed by atoms with Crippen LogP contribution in [-0.4, -0.2) is 33.6 Å². The molecule has 9 nitrogen and oxygen atoms in total. The van der Waals surface area contributed by atoms with E-state index in [1.165, 1.54) is 31.2 Å². The molecule has 0 aliphatic carbocycles. The Morgan fingerprint density at radius 3 is 2.43 bits per heavy atom. The number of alkyl halides is 3. The number of nitro benzene ring substituents is 1. The van der Waals surface area contributed by atoms with E-state index in [9.17, 15) is 32.9 Å². The summed E-state index contributed by atoms with van der Waals surface area (Å²) >= 11 is 0. The number of ether oxygens (including phenoxy) is 2. The third-order valence-corrected chi connectivity index (χ3v) is 3.87. The van der Waals surface area contributed by atoms with Gasteiger partial charge in [-0.05, 0) is 37.3 Å². The van der Waals surface area contributed by atoms with Crippen LogP contribution in [0.1, 0.15) is 17.4 Å². The largest absolute Gasteiger partial charge is 0.573 e. The van der Waals surface area contributed by atoms with Gasteiger partial charge in [0, 0.05) is 6.07 Å². The summed E-state index contributed by atoms with van der Waals surface area (Å²) in [6.07, 6.45) is -4.89. The quantitative estimate of drug-likeness (QED) is 0.351. The maximum absolute atomic E-state index is 12.7. The molecule has 0 aliphatic heterocycles. The number of non-ortho nitro benzene ring substituents is 1. The fourth-order valence-corrected chi connectivity index (χ4v) is 2.73. The molecule has 1 aromatic heterocycles. The first-order chi connectivity index (χ1) is 14.1. The lowest BCUT2D eigenvalue weighted by molar-refractivity contribution is -0.383. The maximum atomic E-state index is 12.7. The van der Waals surface area contributed by atoms with Crippen molar-refractivity contribution in [3.8, 4) is 11.4 Å². The van der Waals surface area contributed by atoms with Gasteiger partial charge < -0.3 is 9.47 Å². The zero-order chi connectivity index (χ0) is 22.1. The number of nitrogens with zero attached hydrogens (tertiary/aromatic N) is 3. The van der Waals surface area contributed by atoms with E-state index >= 15 is 0 Å². The molecule has 0 unspecified atom stereocenters. The topological polar surface area (TPSA) is 114 Å². The van der Waals surface area contributed by atoms with Gasteiger partial charge in [0.05, 0.1) is 22.7 Å². The number of halogens is 3. The fourth-order valence-electron chi connectivity index (χ4n) is 2.73. The molecule has 0 bridgehead atoms. The molecule has 3 rings (SSSR count). The van der Waals surface area contributed by atoms with Crippen molar-refractivity contribution in [3.05, 3.63) is 68.5 Å². The van der Waals surface area contributed by atoms with Crippen molar-refractivity contribution in [1.82, 2.24) is 9.78 Å². The number of hydrogen-bond acceptors (Lipinski definition) is 7. The SMILES string of the molecule is CCOC(=O)c1nn(-c2ccc(OC(F)(F)F)cc2)c2cccc([N+](=O)[O-])c2c1=O. The van der Waals surface area contributed by atoms with Gasteiger partial charge in [-0.15, -0.1) is 13.2 Å². The highest BCUT2D eigenvalue weighted by molar-refractivity contribution is 5.95. The van der Waals surface area contributed by atoms with Crippen LogP contribution in [0.2, 0.25) is 0 Å². The van der Waals surface area contributed by atoms with Crippen LogP contribution in [0.25, 0.3) is 16.6 Å². The number of benzene rings is 2. The third-order valence-electron chi connectivity index (χ3n) is 3.87. The molecule has 3 aromatic rings. The Hall–Kier alpha value is -3.96. The molecular weight excluding hydrogens is 411 g/mol. The first kappa shape index (κ1) is 20.8. The number of fused-ring (bicyclic) bond motifs is 1. The summed E-state index contributed by atoms with van der Waals surface area (Å²) in [7, 11) is 0. The van der Waals surface area contributed by atoms with Crippen LogP contribution in [0.3, 0.4) is 0 Å². The standard InChI is InChI=1S/C18H12F3N3O6/c1-2-29-17(26)15-16(25)14-12(4-3-5-13(14)24(27)28)23(22-15)10-6-8-11(9-7-10)30-18(19,20)21/h3-9H,2H2,1H3. The monoisotopic (exact) mass is 423 g/mol. The Morgan fingerprint density at radius 2 is 1.87 bits per heavy atom. The molecule has 0 amide bonds. The molecule has 0 N–H and O–H groups in total. The Labute approximate surface area is 165 Å². The van der Waals surface area contributed by atoms with Gasteiger partial charge in [-0.1, -0.05) is 6.07 Å². The summed E-state index contributed by atoms with van der Waals surface area (Å²) in [5, 5.41) is 14.9. The number of carbonyl (C=O) groups excluding carboxylic acids is 1. The number of rotatable bonds is 5. The Balaban J connectivity index is 2.27. The van der Waals surface area contributed by atoms with Gasteiger partial charge >= 0.3 is 12.3 Å². The second kappa shape index (κ2) is 7.81. The van der Waals surface area contributed by atoms with E-state index in [0.717, 1.165) is 22.9 Å². The highest BCUT2D eigenvalue weighted by Crippen LogP contribution is 2.27. The second-order valence-electron chi connectivity index (χ2n) is 5.78. The van der Waals surface area contributed by atoms with Crippen molar-refractivity contribution in [2.75, 3.05) is 6.61 Å². The van der Waals surface area contributed by atoms with E-state index in [2.05, 4.69) is 9.84 Å². The molecule has 0 saturated carbocycles. The van der Waals surface area contributed by atoms with Gasteiger partial charge in [-0.2, -0.15) is 5.10 Å². The molecule has 2 aromatic carbocycles. The highest BCUT2D eigenvalue weighted by Gasteiger charge is 2.31. The van der Waals surface area contributed by atoms with Crippen LogP contribution >= 0.6 is 0 Å². The minimum absolute atomic E-state index is 0.0215. The lowest BCUT2D eigenvalue weighted by atomic mass is 10.1. The zero-order valence-electron chi connectivity index (χ0n) is 15.2. The predicted octanol–water partition coefficient (Wildman–Crippen LogP) is 3.37. The Morgan fingerprint density at radius 1 is 1.20 bits per heavy atom. The zero-order valence-corrected chi connectivity index (χ0v) is 15.2. The molecule has 1 heterocycles. The van der Waals surface area contributed by atoms with Crippen LogP contribution in [0.4, 0.5) is 18.9 Å². The minimum atomic E-state index is -4.89. The molecule has 0 atom stereocenters. The Bertz CT molecular complexity index is 1190. The smallest absolute Gasteiger partial charge is 0.461 e. The molecule has 12 heteroatoms. The highest BCUT2D eigenvalue weighted by atomic mass is 19.4. The van der Waals surface area contributed by atoms with Gasteiger partial charge in [-0.25, -0.2) is 9.48 Å². The summed E-state index contributed by atoms with van der Waals surface area (Å²) in [4.78, 5) is 35.5. The molecule has 0 saturated heterocycles. The lowest BCUT2D eigenvalue weighted by Crippen LogP contribution is -2.24. The number of aromatic nitrogens is 2. The number of nitro groups is 1. The van der Waals surface area contributed by atoms with Crippen LogP contribution in [0, 0.1) is 10.1 Å². The van der Waals surface area contributed by atoms with Gasteiger partial charge in [-0.3, -0.25) is 14.9 Å². The van der Waals surface area contributed by atoms with Gasteiger partial charge in [0.25, 0.3) is 5.69 Å². The fraction of sp³-hybridized carbons (Fsp3) is 0.167. The molecule has 156 valence electrons. The number of esters is 1. The summed E-state index contributed by atoms with van der Waals surface area (Å²) in [6.45, 7) is 1.43. The first-order valence-electron chi connectivity index (χ1n) is 8.36. The van der Waals surface area contributed by atoms with Crippen molar-refractivity contribution in [2.24, 2.45) is 0 Å². The van der Waals surface area contributed by atoms with Crippen molar-refractivity contribution in [2.45, 2.75) is 13.3 Å². The normalized spacial score (nSPS) is 11.3. The van der Waals surface area contributed by atoms with Crippen molar-refractivity contribution in [1.29, 1.82) is 0 Å². The molecule has 0 radical (unpaired) electrons. The average molecular weight is 423 g/mol. The van der Waals surface area contributed by atoms with Crippen LogP contribution in [0.15, 0.2) is 47.3 Å². The minimum Gasteiger partial charge on any atom is -0.461 e. The summed E-state index contributed by atoms with van der Waals surface area (Å²) < 4.78 is 46.7. The van der Waals surface area contributed by atoms with E-state index in [1.54, 1.807) is 0 Å². The second-order valence-corrected chi connectivity index (χ2v) is 5.78. The average Bonchev–Trinajstić information content (AvgIpc) is 2.67.